The van der Waals surface area contributed by atoms with Crippen molar-refractivity contribution in [3.05, 3.63) is 49.7 Å². The number of halogens is 2. The lowest BCUT2D eigenvalue weighted by Crippen LogP contribution is -1.98. The third-order valence-electron chi connectivity index (χ3n) is 2.49. The van der Waals surface area contributed by atoms with Crippen LogP contribution in [0.1, 0.15) is 11.1 Å². The van der Waals surface area contributed by atoms with E-state index in [1.54, 1.807) is 19.9 Å². The van der Waals surface area contributed by atoms with Crippen molar-refractivity contribution in [1.29, 1.82) is 0 Å². The highest BCUT2D eigenvalue weighted by atomic mass is 35.5. The van der Waals surface area contributed by atoms with E-state index in [2.05, 4.69) is 10.2 Å². The minimum absolute atomic E-state index is 0.0244. The highest BCUT2D eigenvalue weighted by Gasteiger charge is 2.20. The molecule has 8 heteroatoms. The first kappa shape index (κ1) is 14.5. The number of nitro groups is 1. The molecule has 0 amide bonds. The molecule has 0 atom stereocenters. The Bertz CT molecular complexity index is 692. The van der Waals surface area contributed by atoms with Crippen molar-refractivity contribution in [2.24, 2.45) is 0 Å². The van der Waals surface area contributed by atoms with E-state index < -0.39 is 4.92 Å². The first-order valence-electron chi connectivity index (χ1n) is 5.50. The lowest BCUT2D eigenvalue weighted by Gasteiger charge is -2.10. The summed E-state index contributed by atoms with van der Waals surface area (Å²) >= 11 is 11.5. The fourth-order valence-corrected chi connectivity index (χ4v) is 1.99. The Kier molecular flexibility index (Phi) is 4.06. The van der Waals surface area contributed by atoms with Gasteiger partial charge in [0.1, 0.15) is 0 Å². The lowest BCUT2D eigenvalue weighted by molar-refractivity contribution is -0.385. The number of hydrogen-bond acceptors (Lipinski definition) is 5. The van der Waals surface area contributed by atoms with Gasteiger partial charge in [-0.05, 0) is 25.0 Å². The van der Waals surface area contributed by atoms with Crippen LogP contribution < -0.4 is 4.74 Å². The summed E-state index contributed by atoms with van der Waals surface area (Å²) in [4.78, 5) is 10.6. The maximum atomic E-state index is 11.1. The van der Waals surface area contributed by atoms with Crippen molar-refractivity contribution in [1.82, 2.24) is 10.2 Å². The molecule has 2 rings (SSSR count). The van der Waals surface area contributed by atoms with Crippen LogP contribution in [0, 0.1) is 24.0 Å². The van der Waals surface area contributed by atoms with Crippen molar-refractivity contribution >= 4 is 28.9 Å². The average molecular weight is 314 g/mol. The summed E-state index contributed by atoms with van der Waals surface area (Å²) < 4.78 is 5.51. The van der Waals surface area contributed by atoms with Crippen LogP contribution in [0.25, 0.3) is 0 Å². The van der Waals surface area contributed by atoms with Gasteiger partial charge < -0.3 is 4.74 Å². The van der Waals surface area contributed by atoms with E-state index in [4.69, 9.17) is 27.9 Å². The molecule has 0 N–H and O–H groups in total. The van der Waals surface area contributed by atoms with Gasteiger partial charge in [-0.1, -0.05) is 29.3 Å². The molecule has 0 aliphatic heterocycles. The monoisotopic (exact) mass is 313 g/mol. The van der Waals surface area contributed by atoms with Crippen LogP contribution in [0.3, 0.4) is 0 Å². The molecule has 0 saturated carbocycles. The molecule has 0 fully saturated rings. The number of aromatic nitrogens is 2. The zero-order chi connectivity index (χ0) is 14.9. The van der Waals surface area contributed by atoms with E-state index in [-0.39, 0.29) is 27.5 Å². The molecule has 0 spiro atoms. The Morgan fingerprint density at radius 1 is 1.20 bits per heavy atom. The SMILES string of the molecule is Cc1cc(C)c(Oc2cc(Cl)nnc2Cl)c([N+](=O)[O-])c1. The molecule has 0 saturated heterocycles. The van der Waals surface area contributed by atoms with Crippen LogP contribution in [0.4, 0.5) is 5.69 Å². The van der Waals surface area contributed by atoms with Gasteiger partial charge in [-0.2, -0.15) is 0 Å². The second-order valence-electron chi connectivity index (χ2n) is 4.11. The molecule has 0 radical (unpaired) electrons. The van der Waals surface area contributed by atoms with Gasteiger partial charge in [0.2, 0.25) is 5.75 Å². The zero-order valence-corrected chi connectivity index (χ0v) is 12.1. The summed E-state index contributed by atoms with van der Waals surface area (Å²) in [5, 5.41) is 18.3. The Balaban J connectivity index is 2.53. The van der Waals surface area contributed by atoms with Crippen LogP contribution >= 0.6 is 23.2 Å². The van der Waals surface area contributed by atoms with E-state index >= 15 is 0 Å². The molecule has 1 aromatic carbocycles. The first-order chi connectivity index (χ1) is 9.38. The molecule has 1 heterocycles. The highest BCUT2D eigenvalue weighted by molar-refractivity contribution is 6.32. The van der Waals surface area contributed by atoms with Crippen molar-refractivity contribution < 1.29 is 9.66 Å². The second kappa shape index (κ2) is 5.60. The molecule has 20 heavy (non-hydrogen) atoms. The van der Waals surface area contributed by atoms with E-state index in [0.29, 0.717) is 5.56 Å². The minimum atomic E-state index is -0.514. The lowest BCUT2D eigenvalue weighted by atomic mass is 10.1. The summed E-state index contributed by atoms with van der Waals surface area (Å²) in [6.07, 6.45) is 0. The summed E-state index contributed by atoms with van der Waals surface area (Å²) in [5.41, 5.74) is 1.23. The smallest absolute Gasteiger partial charge is 0.312 e. The third-order valence-corrected chi connectivity index (χ3v) is 2.94. The maximum absolute atomic E-state index is 11.1. The van der Waals surface area contributed by atoms with Gasteiger partial charge in [0, 0.05) is 12.1 Å². The number of ether oxygens (including phenoxy) is 1. The van der Waals surface area contributed by atoms with Gasteiger partial charge in [-0.25, -0.2) is 0 Å². The predicted molar refractivity (Wildman–Crippen MR) is 74.7 cm³/mol. The second-order valence-corrected chi connectivity index (χ2v) is 4.86. The standard InChI is InChI=1S/C12H9Cl2N3O3/c1-6-3-7(2)11(8(4-6)17(18)19)20-9-5-10(13)15-16-12(9)14/h3-5H,1-2H3. The minimum Gasteiger partial charge on any atom is -0.446 e. The fraction of sp³-hybridized carbons (Fsp3) is 0.167. The van der Waals surface area contributed by atoms with Gasteiger partial charge >= 0.3 is 5.69 Å². The molecule has 0 unspecified atom stereocenters. The molecule has 1 aromatic heterocycles. The Hall–Kier alpha value is -1.92. The normalized spacial score (nSPS) is 10.4. The summed E-state index contributed by atoms with van der Waals surface area (Å²) in [7, 11) is 0. The van der Waals surface area contributed by atoms with E-state index in [1.807, 2.05) is 0 Å². The highest BCUT2D eigenvalue weighted by Crippen LogP contribution is 2.37. The molecule has 0 aliphatic carbocycles. The molecule has 0 bridgehead atoms. The first-order valence-corrected chi connectivity index (χ1v) is 6.26. The van der Waals surface area contributed by atoms with Gasteiger partial charge in [0.25, 0.3) is 0 Å². The van der Waals surface area contributed by atoms with Crippen molar-refractivity contribution in [3.8, 4) is 11.5 Å². The fourth-order valence-electron chi connectivity index (χ4n) is 1.72. The summed E-state index contributed by atoms with van der Waals surface area (Å²) in [5.74, 6) is 0.216. The zero-order valence-electron chi connectivity index (χ0n) is 10.6. The number of nitro benzene ring substituents is 1. The molecular weight excluding hydrogens is 305 g/mol. The van der Waals surface area contributed by atoms with Crippen LogP contribution in [0.2, 0.25) is 10.3 Å². The van der Waals surface area contributed by atoms with Gasteiger partial charge in [-0.3, -0.25) is 10.1 Å². The van der Waals surface area contributed by atoms with Gasteiger partial charge in [0.15, 0.2) is 16.1 Å². The van der Waals surface area contributed by atoms with E-state index in [9.17, 15) is 10.1 Å². The molecular formula is C12H9Cl2N3O3. The topological polar surface area (TPSA) is 78.2 Å². The molecule has 6 nitrogen and oxygen atoms in total. The maximum Gasteiger partial charge on any atom is 0.312 e. The third kappa shape index (κ3) is 2.97. The summed E-state index contributed by atoms with van der Waals surface area (Å²) in [6, 6.07) is 4.54. The van der Waals surface area contributed by atoms with Crippen molar-refractivity contribution in [3.63, 3.8) is 0 Å². The predicted octanol–water partition coefficient (Wildman–Crippen LogP) is 4.10. The number of aryl methyl sites for hydroxylation is 2. The quantitative estimate of drug-likeness (QED) is 0.629. The van der Waals surface area contributed by atoms with Crippen LogP contribution in [0.5, 0.6) is 11.5 Å². The number of hydrogen-bond donors (Lipinski definition) is 0. The van der Waals surface area contributed by atoms with Crippen LogP contribution in [-0.4, -0.2) is 15.1 Å². The van der Waals surface area contributed by atoms with Crippen LogP contribution in [0.15, 0.2) is 18.2 Å². The van der Waals surface area contributed by atoms with Crippen molar-refractivity contribution in [2.45, 2.75) is 13.8 Å². The Labute approximate surface area is 124 Å². The Morgan fingerprint density at radius 3 is 2.55 bits per heavy atom. The van der Waals surface area contributed by atoms with Crippen molar-refractivity contribution in [2.75, 3.05) is 0 Å². The molecule has 104 valence electrons. The van der Waals surface area contributed by atoms with Gasteiger partial charge in [-0.15, -0.1) is 10.2 Å². The number of nitrogens with zero attached hydrogens (tertiary/aromatic N) is 3. The number of benzene rings is 1. The molecule has 0 aliphatic rings. The molecule has 2 aromatic rings. The van der Waals surface area contributed by atoms with E-state index in [1.165, 1.54) is 12.1 Å². The summed E-state index contributed by atoms with van der Waals surface area (Å²) in [6.45, 7) is 3.47. The largest absolute Gasteiger partial charge is 0.446 e. The van der Waals surface area contributed by atoms with Gasteiger partial charge in [0.05, 0.1) is 4.92 Å². The number of rotatable bonds is 3. The Morgan fingerprint density at radius 2 is 1.90 bits per heavy atom. The average Bonchev–Trinajstić information content (AvgIpc) is 2.36. The van der Waals surface area contributed by atoms with E-state index in [0.717, 1.165) is 5.56 Å². The van der Waals surface area contributed by atoms with Crippen LogP contribution in [-0.2, 0) is 0 Å².